The van der Waals surface area contributed by atoms with Gasteiger partial charge in [0.2, 0.25) is 10.0 Å². The van der Waals surface area contributed by atoms with Crippen LogP contribution in [0.1, 0.15) is 28.4 Å². The Bertz CT molecular complexity index is 1070. The second-order valence-corrected chi connectivity index (χ2v) is 10.3. The molecule has 0 spiro atoms. The van der Waals surface area contributed by atoms with E-state index in [1.807, 2.05) is 23.1 Å². The number of benzene rings is 2. The van der Waals surface area contributed by atoms with Gasteiger partial charge in [-0.05, 0) is 48.4 Å². The number of amides is 1. The molecule has 2 aliphatic heterocycles. The Morgan fingerprint density at radius 2 is 1.97 bits per heavy atom. The van der Waals surface area contributed by atoms with Crippen molar-refractivity contribution in [3.05, 3.63) is 52.5 Å². The van der Waals surface area contributed by atoms with E-state index < -0.39 is 10.0 Å². The van der Waals surface area contributed by atoms with Gasteiger partial charge in [-0.25, -0.2) is 13.6 Å². The number of nitrogens with two attached hydrogens (primary N) is 1. The number of hydrogen-bond donors (Lipinski definition) is 2. The maximum atomic E-state index is 13.3. The number of nitrogens with one attached hydrogen (secondary N) is 1. The molecule has 30 heavy (non-hydrogen) atoms. The van der Waals surface area contributed by atoms with Crippen LogP contribution in [0, 0.1) is 0 Å². The number of morpholine rings is 1. The van der Waals surface area contributed by atoms with Crippen LogP contribution in [0.3, 0.4) is 0 Å². The van der Waals surface area contributed by atoms with Crippen molar-refractivity contribution in [1.82, 2.24) is 5.32 Å². The van der Waals surface area contributed by atoms with Crippen molar-refractivity contribution in [2.24, 2.45) is 5.14 Å². The molecular weight excluding hydrogens is 446 g/mol. The highest BCUT2D eigenvalue weighted by Crippen LogP contribution is 2.38. The Labute approximate surface area is 185 Å². The lowest BCUT2D eigenvalue weighted by atomic mass is 10.0. The molecule has 0 saturated carbocycles. The smallest absolute Gasteiger partial charge is 0.253 e. The first kappa shape index (κ1) is 21.5. The predicted octanol–water partition coefficient (Wildman–Crippen LogP) is 2.79. The van der Waals surface area contributed by atoms with E-state index in [0.29, 0.717) is 37.0 Å². The molecular formula is C20H22ClN3O4S2. The van der Waals surface area contributed by atoms with Gasteiger partial charge >= 0.3 is 0 Å². The minimum Gasteiger partial charge on any atom is -0.378 e. The SMILES string of the molecule is NS(=O)(=O)c1ccc(N2CCOCC2)c(C(=O)NC2CCSc3ccc(Cl)cc32)c1. The molecule has 2 aromatic carbocycles. The lowest BCUT2D eigenvalue weighted by molar-refractivity contribution is 0.0933. The molecule has 2 aromatic rings. The maximum absolute atomic E-state index is 13.3. The molecule has 0 radical (unpaired) electrons. The van der Waals surface area contributed by atoms with Gasteiger partial charge in [0.25, 0.3) is 5.91 Å². The molecule has 2 heterocycles. The van der Waals surface area contributed by atoms with Gasteiger partial charge in [-0.15, -0.1) is 11.8 Å². The van der Waals surface area contributed by atoms with Crippen LogP contribution in [0.25, 0.3) is 0 Å². The van der Waals surface area contributed by atoms with E-state index in [2.05, 4.69) is 5.32 Å². The summed E-state index contributed by atoms with van der Waals surface area (Å²) in [5, 5.41) is 8.99. The predicted molar refractivity (Wildman–Crippen MR) is 118 cm³/mol. The van der Waals surface area contributed by atoms with Crippen molar-refractivity contribution in [3.63, 3.8) is 0 Å². The number of halogens is 1. The summed E-state index contributed by atoms with van der Waals surface area (Å²) < 4.78 is 29.2. The van der Waals surface area contributed by atoms with E-state index in [1.54, 1.807) is 17.8 Å². The highest BCUT2D eigenvalue weighted by molar-refractivity contribution is 7.99. The van der Waals surface area contributed by atoms with E-state index >= 15 is 0 Å². The summed E-state index contributed by atoms with van der Waals surface area (Å²) in [6.07, 6.45) is 0.755. The number of primary sulfonamides is 1. The number of sulfonamides is 1. The molecule has 160 valence electrons. The zero-order valence-corrected chi connectivity index (χ0v) is 18.5. The first-order chi connectivity index (χ1) is 14.3. The van der Waals surface area contributed by atoms with Gasteiger partial charge in [0.1, 0.15) is 0 Å². The van der Waals surface area contributed by atoms with Crippen LogP contribution in [-0.2, 0) is 14.8 Å². The van der Waals surface area contributed by atoms with Crippen molar-refractivity contribution in [2.45, 2.75) is 22.3 Å². The quantitative estimate of drug-likeness (QED) is 0.716. The molecule has 3 N–H and O–H groups in total. The Morgan fingerprint density at radius 3 is 2.70 bits per heavy atom. The fourth-order valence-electron chi connectivity index (χ4n) is 3.71. The third-order valence-corrected chi connectivity index (χ3v) is 7.48. The van der Waals surface area contributed by atoms with Crippen molar-refractivity contribution < 1.29 is 17.9 Å². The van der Waals surface area contributed by atoms with Gasteiger partial charge in [0.05, 0.1) is 29.7 Å². The molecule has 7 nitrogen and oxygen atoms in total. The molecule has 1 saturated heterocycles. The normalized spacial score (nSPS) is 19.3. The molecule has 0 aromatic heterocycles. The highest BCUT2D eigenvalue weighted by atomic mass is 35.5. The number of thioether (sulfide) groups is 1. The van der Waals surface area contributed by atoms with Gasteiger partial charge in [0.15, 0.2) is 0 Å². The van der Waals surface area contributed by atoms with Crippen LogP contribution in [0.5, 0.6) is 0 Å². The number of anilines is 1. The topological polar surface area (TPSA) is 102 Å². The van der Waals surface area contributed by atoms with Crippen molar-refractivity contribution in [1.29, 1.82) is 0 Å². The number of carbonyl (C=O) groups is 1. The largest absolute Gasteiger partial charge is 0.378 e. The summed E-state index contributed by atoms with van der Waals surface area (Å²) in [5.41, 5.74) is 1.92. The number of hydrogen-bond acceptors (Lipinski definition) is 6. The number of ether oxygens (including phenoxy) is 1. The Morgan fingerprint density at radius 1 is 1.20 bits per heavy atom. The van der Waals surface area contributed by atoms with Crippen LogP contribution in [0.15, 0.2) is 46.2 Å². The molecule has 1 unspecified atom stereocenters. The van der Waals surface area contributed by atoms with Gasteiger partial charge in [-0.3, -0.25) is 4.79 Å². The number of rotatable bonds is 4. The van der Waals surface area contributed by atoms with Crippen LogP contribution in [-0.4, -0.2) is 46.4 Å². The Hall–Kier alpha value is -1.78. The lowest BCUT2D eigenvalue weighted by Crippen LogP contribution is -2.38. The molecule has 4 rings (SSSR count). The minimum absolute atomic E-state index is 0.0905. The summed E-state index contributed by atoms with van der Waals surface area (Å²) in [6, 6.07) is 9.89. The molecule has 1 amide bonds. The fraction of sp³-hybridized carbons (Fsp3) is 0.350. The summed E-state index contributed by atoms with van der Waals surface area (Å²) >= 11 is 7.90. The molecule has 1 atom stereocenters. The monoisotopic (exact) mass is 467 g/mol. The zero-order chi connectivity index (χ0) is 21.3. The zero-order valence-electron chi connectivity index (χ0n) is 16.1. The molecule has 10 heteroatoms. The first-order valence-electron chi connectivity index (χ1n) is 9.55. The van der Waals surface area contributed by atoms with Crippen molar-refractivity contribution >= 4 is 45.0 Å². The number of nitrogens with zero attached hydrogens (tertiary/aromatic N) is 1. The molecule has 2 aliphatic rings. The van der Waals surface area contributed by atoms with E-state index in [0.717, 1.165) is 22.6 Å². The second-order valence-electron chi connectivity index (χ2n) is 7.17. The standard InChI is InChI=1S/C20H22ClN3O4S2/c21-13-1-4-19-15(11-13)17(5-10-29-19)23-20(25)16-12-14(30(22,26)27)2-3-18(16)24-6-8-28-9-7-24/h1-4,11-12,17H,5-10H2,(H,23,25)(H2,22,26,27). The van der Waals surface area contributed by atoms with Gasteiger partial charge < -0.3 is 15.0 Å². The van der Waals surface area contributed by atoms with E-state index in [4.69, 9.17) is 21.5 Å². The van der Waals surface area contributed by atoms with E-state index in [-0.39, 0.29) is 22.4 Å². The van der Waals surface area contributed by atoms with Crippen molar-refractivity contribution in [2.75, 3.05) is 37.0 Å². The van der Waals surface area contributed by atoms with Gasteiger partial charge in [0, 0.05) is 34.4 Å². The first-order valence-corrected chi connectivity index (χ1v) is 12.5. The summed E-state index contributed by atoms with van der Waals surface area (Å²) in [7, 11) is -3.94. The lowest BCUT2D eigenvalue weighted by Gasteiger charge is -2.31. The Balaban J connectivity index is 1.68. The van der Waals surface area contributed by atoms with Crippen LogP contribution in [0.2, 0.25) is 5.02 Å². The minimum atomic E-state index is -3.94. The summed E-state index contributed by atoms with van der Waals surface area (Å²) in [6.45, 7) is 2.33. The van der Waals surface area contributed by atoms with Crippen LogP contribution >= 0.6 is 23.4 Å². The number of carbonyl (C=O) groups excluding carboxylic acids is 1. The van der Waals surface area contributed by atoms with Crippen molar-refractivity contribution in [3.8, 4) is 0 Å². The van der Waals surface area contributed by atoms with Gasteiger partial charge in [-0.2, -0.15) is 0 Å². The summed E-state index contributed by atoms with van der Waals surface area (Å²) in [4.78, 5) is 16.3. The molecule has 0 aliphatic carbocycles. The second kappa shape index (κ2) is 8.76. The van der Waals surface area contributed by atoms with Crippen LogP contribution in [0.4, 0.5) is 5.69 Å². The Kier molecular flexibility index (Phi) is 6.26. The van der Waals surface area contributed by atoms with Crippen LogP contribution < -0.4 is 15.4 Å². The maximum Gasteiger partial charge on any atom is 0.253 e. The molecule has 1 fully saturated rings. The van der Waals surface area contributed by atoms with E-state index in [1.165, 1.54) is 12.1 Å². The average molecular weight is 468 g/mol. The average Bonchev–Trinajstić information content (AvgIpc) is 2.73. The number of fused-ring (bicyclic) bond motifs is 1. The third-order valence-electron chi connectivity index (χ3n) is 5.21. The fourth-order valence-corrected chi connectivity index (χ4v) is 5.53. The van der Waals surface area contributed by atoms with Gasteiger partial charge in [-0.1, -0.05) is 11.6 Å². The summed E-state index contributed by atoms with van der Waals surface area (Å²) in [5.74, 6) is 0.525. The highest BCUT2D eigenvalue weighted by Gasteiger charge is 2.26. The molecule has 0 bridgehead atoms. The van der Waals surface area contributed by atoms with E-state index in [9.17, 15) is 13.2 Å². The third kappa shape index (κ3) is 4.60.